The van der Waals surface area contributed by atoms with E-state index in [2.05, 4.69) is 26.3 Å². The normalized spacial score (nSPS) is 10.7. The number of aromatic nitrogens is 2. The summed E-state index contributed by atoms with van der Waals surface area (Å²) in [5, 5.41) is 8.11. The number of nitrogens with one attached hydrogen (secondary N) is 1. The quantitative estimate of drug-likeness (QED) is 0.440. The summed E-state index contributed by atoms with van der Waals surface area (Å²) in [4.78, 5) is 12.4. The third-order valence-corrected chi connectivity index (χ3v) is 4.87. The van der Waals surface area contributed by atoms with E-state index in [1.807, 2.05) is 29.1 Å². The number of carbonyl (C=O) groups excluding carboxylic acids is 1. The molecule has 3 rings (SSSR count). The molecule has 0 aliphatic carbocycles. The van der Waals surface area contributed by atoms with Crippen LogP contribution in [0, 0.1) is 0 Å². The van der Waals surface area contributed by atoms with E-state index in [1.165, 1.54) is 0 Å². The Kier molecular flexibility index (Phi) is 7.36. The first kappa shape index (κ1) is 20.7. The Hall–Kier alpha value is -2.02. The maximum atomic E-state index is 12.4. The molecule has 8 heteroatoms. The lowest BCUT2D eigenvalue weighted by atomic mass is 10.1. The second-order valence-electron chi connectivity index (χ2n) is 6.09. The second-order valence-corrected chi connectivity index (χ2v) is 7.85. The summed E-state index contributed by atoms with van der Waals surface area (Å²) in [7, 11) is 0. The van der Waals surface area contributed by atoms with Gasteiger partial charge in [-0.05, 0) is 58.2 Å². The summed E-state index contributed by atoms with van der Waals surface area (Å²) < 4.78 is 8.50. The minimum Gasteiger partial charge on any atom is -0.487 e. The first-order chi connectivity index (χ1) is 13.5. The number of rotatable bonds is 8. The monoisotopic (exact) mass is 481 g/mol. The highest BCUT2D eigenvalue weighted by Crippen LogP contribution is 2.28. The summed E-state index contributed by atoms with van der Waals surface area (Å²) in [5.41, 5.74) is 1.46. The molecule has 1 aromatic heterocycles. The molecule has 0 saturated carbocycles. The zero-order valence-corrected chi connectivity index (χ0v) is 18.0. The third-order valence-electron chi connectivity index (χ3n) is 3.93. The van der Waals surface area contributed by atoms with Gasteiger partial charge in [0.15, 0.2) is 0 Å². The van der Waals surface area contributed by atoms with Crippen LogP contribution in [0.4, 0.5) is 0 Å². The molecule has 1 N–H and O–H groups in total. The molecular formula is C20H18BrCl2N3O2. The highest BCUT2D eigenvalue weighted by Gasteiger charge is 2.07. The average Bonchev–Trinajstić information content (AvgIpc) is 3.10. The highest BCUT2D eigenvalue weighted by atomic mass is 79.9. The first-order valence-corrected chi connectivity index (χ1v) is 10.2. The summed E-state index contributed by atoms with van der Waals surface area (Å²) >= 11 is 15.4. The van der Waals surface area contributed by atoms with Crippen LogP contribution in [0.15, 0.2) is 59.3 Å². The largest absolute Gasteiger partial charge is 0.487 e. The molecule has 28 heavy (non-hydrogen) atoms. The SMILES string of the molecule is O=C(NCCCn1cc(Br)cn1)c1cccc(COc2ccc(Cl)cc2Cl)c1. The third kappa shape index (κ3) is 5.99. The van der Waals surface area contributed by atoms with Crippen molar-refractivity contribution in [3.8, 4) is 5.75 Å². The van der Waals surface area contributed by atoms with Gasteiger partial charge in [0.2, 0.25) is 0 Å². The molecule has 0 atom stereocenters. The van der Waals surface area contributed by atoms with Crippen molar-refractivity contribution in [3.63, 3.8) is 0 Å². The number of halogens is 3. The van der Waals surface area contributed by atoms with E-state index in [-0.39, 0.29) is 5.91 Å². The van der Waals surface area contributed by atoms with Gasteiger partial charge in [0, 0.05) is 29.9 Å². The zero-order valence-electron chi connectivity index (χ0n) is 14.9. The van der Waals surface area contributed by atoms with Gasteiger partial charge >= 0.3 is 0 Å². The highest BCUT2D eigenvalue weighted by molar-refractivity contribution is 9.10. The molecule has 0 aliphatic rings. The van der Waals surface area contributed by atoms with Gasteiger partial charge in [-0.3, -0.25) is 9.48 Å². The van der Waals surface area contributed by atoms with Crippen LogP contribution >= 0.6 is 39.1 Å². The molecule has 5 nitrogen and oxygen atoms in total. The summed E-state index contributed by atoms with van der Waals surface area (Å²) in [5.74, 6) is 0.430. The van der Waals surface area contributed by atoms with Gasteiger partial charge in [0.1, 0.15) is 12.4 Å². The molecule has 0 fully saturated rings. The molecule has 0 aliphatic heterocycles. The van der Waals surface area contributed by atoms with Crippen LogP contribution in [0.25, 0.3) is 0 Å². The van der Waals surface area contributed by atoms with Crippen molar-refractivity contribution in [3.05, 3.63) is 80.5 Å². The second kappa shape index (κ2) is 9.96. The molecule has 3 aromatic rings. The standard InChI is InChI=1S/C20H18BrCl2N3O2/c21-16-11-25-26(12-16)8-2-7-24-20(27)15-4-1-3-14(9-15)13-28-19-6-5-17(22)10-18(19)23/h1,3-6,9-12H,2,7-8,13H2,(H,24,27). The number of benzene rings is 2. The van der Waals surface area contributed by atoms with Crippen LogP contribution in [-0.4, -0.2) is 22.2 Å². The van der Waals surface area contributed by atoms with Crippen molar-refractivity contribution >= 4 is 45.0 Å². The zero-order chi connectivity index (χ0) is 19.9. The first-order valence-electron chi connectivity index (χ1n) is 8.64. The van der Waals surface area contributed by atoms with Gasteiger partial charge in [-0.1, -0.05) is 35.3 Å². The number of hydrogen-bond acceptors (Lipinski definition) is 3. The Morgan fingerprint density at radius 3 is 2.82 bits per heavy atom. The van der Waals surface area contributed by atoms with Crippen molar-refractivity contribution < 1.29 is 9.53 Å². The molecule has 0 saturated heterocycles. The molecule has 0 unspecified atom stereocenters. The fraction of sp³-hybridized carbons (Fsp3) is 0.200. The molecule has 146 valence electrons. The summed E-state index contributed by atoms with van der Waals surface area (Å²) in [6.45, 7) is 1.61. The van der Waals surface area contributed by atoms with Gasteiger partial charge in [-0.25, -0.2) is 0 Å². The van der Waals surface area contributed by atoms with E-state index in [0.29, 0.717) is 34.5 Å². The topological polar surface area (TPSA) is 56.2 Å². The minimum absolute atomic E-state index is 0.118. The Labute approximate surface area is 181 Å². The van der Waals surface area contributed by atoms with Crippen molar-refractivity contribution in [2.24, 2.45) is 0 Å². The number of aryl methyl sites for hydroxylation is 1. The van der Waals surface area contributed by atoms with E-state index in [1.54, 1.807) is 30.5 Å². The number of nitrogens with zero attached hydrogens (tertiary/aromatic N) is 2. The fourth-order valence-corrected chi connectivity index (χ4v) is 3.35. The van der Waals surface area contributed by atoms with Gasteiger partial charge in [-0.2, -0.15) is 5.10 Å². The molecule has 0 spiro atoms. The molecule has 2 aromatic carbocycles. The van der Waals surface area contributed by atoms with Crippen LogP contribution in [0.1, 0.15) is 22.3 Å². The van der Waals surface area contributed by atoms with E-state index in [9.17, 15) is 4.79 Å². The van der Waals surface area contributed by atoms with Crippen LogP contribution in [0.2, 0.25) is 10.0 Å². The van der Waals surface area contributed by atoms with Crippen LogP contribution in [-0.2, 0) is 13.2 Å². The number of hydrogen-bond donors (Lipinski definition) is 1. The molecule has 1 heterocycles. The van der Waals surface area contributed by atoms with Gasteiger partial charge in [0.25, 0.3) is 5.91 Å². The molecule has 0 bridgehead atoms. The van der Waals surface area contributed by atoms with Crippen molar-refractivity contribution in [1.82, 2.24) is 15.1 Å². The fourth-order valence-electron chi connectivity index (χ4n) is 2.56. The lowest BCUT2D eigenvalue weighted by molar-refractivity contribution is 0.0952. The average molecular weight is 483 g/mol. The Morgan fingerprint density at radius 2 is 2.07 bits per heavy atom. The predicted octanol–water partition coefficient (Wildman–Crippen LogP) is 5.35. The van der Waals surface area contributed by atoms with Crippen LogP contribution in [0.5, 0.6) is 5.75 Å². The van der Waals surface area contributed by atoms with E-state index in [0.717, 1.165) is 23.0 Å². The molecule has 0 radical (unpaired) electrons. The van der Waals surface area contributed by atoms with Crippen molar-refractivity contribution in [2.45, 2.75) is 19.6 Å². The molecule has 1 amide bonds. The van der Waals surface area contributed by atoms with Gasteiger partial charge < -0.3 is 10.1 Å². The summed E-state index contributed by atoms with van der Waals surface area (Å²) in [6, 6.07) is 12.4. The van der Waals surface area contributed by atoms with E-state index < -0.39 is 0 Å². The smallest absolute Gasteiger partial charge is 0.251 e. The van der Waals surface area contributed by atoms with E-state index >= 15 is 0 Å². The van der Waals surface area contributed by atoms with Gasteiger partial charge in [0.05, 0.1) is 15.7 Å². The van der Waals surface area contributed by atoms with Crippen LogP contribution < -0.4 is 10.1 Å². The summed E-state index contributed by atoms with van der Waals surface area (Å²) in [6.07, 6.45) is 4.43. The maximum absolute atomic E-state index is 12.4. The number of amides is 1. The Morgan fingerprint density at radius 1 is 1.21 bits per heavy atom. The van der Waals surface area contributed by atoms with E-state index in [4.69, 9.17) is 27.9 Å². The molecular weight excluding hydrogens is 465 g/mol. The minimum atomic E-state index is -0.118. The Balaban J connectivity index is 1.49. The van der Waals surface area contributed by atoms with Crippen molar-refractivity contribution in [1.29, 1.82) is 0 Å². The number of ether oxygens (including phenoxy) is 1. The maximum Gasteiger partial charge on any atom is 0.251 e. The predicted molar refractivity (Wildman–Crippen MR) is 114 cm³/mol. The Bertz CT molecular complexity index is 962. The lowest BCUT2D eigenvalue weighted by Crippen LogP contribution is -2.25. The van der Waals surface area contributed by atoms with Crippen LogP contribution in [0.3, 0.4) is 0 Å². The van der Waals surface area contributed by atoms with Gasteiger partial charge in [-0.15, -0.1) is 0 Å². The lowest BCUT2D eigenvalue weighted by Gasteiger charge is -2.10. The number of carbonyl (C=O) groups is 1. The van der Waals surface area contributed by atoms with Crippen molar-refractivity contribution in [2.75, 3.05) is 6.54 Å².